The molecule has 0 aromatic carbocycles. The summed E-state index contributed by atoms with van der Waals surface area (Å²) in [6.45, 7) is 7.80. The predicted molar refractivity (Wildman–Crippen MR) is 80.8 cm³/mol. The number of carbonyl (C=O) groups is 1. The molecule has 2 N–H and O–H groups in total. The van der Waals surface area contributed by atoms with Gasteiger partial charge in [0.15, 0.2) is 0 Å². The maximum atomic E-state index is 10.8. The summed E-state index contributed by atoms with van der Waals surface area (Å²) in [5, 5.41) is 12.7. The molecule has 4 nitrogen and oxygen atoms in total. The van der Waals surface area contributed by atoms with E-state index in [0.717, 1.165) is 31.2 Å². The summed E-state index contributed by atoms with van der Waals surface area (Å²) in [7, 11) is 0. The van der Waals surface area contributed by atoms with Crippen LogP contribution in [-0.4, -0.2) is 47.2 Å². The molecule has 4 heteroatoms. The average Bonchev–Trinajstić information content (AvgIpc) is 2.33. The molecule has 0 saturated heterocycles. The number of carboxylic acids is 1. The molecule has 3 unspecified atom stereocenters. The fourth-order valence-corrected chi connectivity index (χ4v) is 3.91. The fraction of sp³-hybridized carbons (Fsp3) is 0.938. The maximum Gasteiger partial charge on any atom is 0.317 e. The highest BCUT2D eigenvalue weighted by Gasteiger charge is 2.36. The molecule has 2 rings (SSSR count). The summed E-state index contributed by atoms with van der Waals surface area (Å²) in [6.07, 6.45) is 6.21. The molecule has 0 aromatic rings. The third-order valence-electron chi connectivity index (χ3n) is 5.26. The third-order valence-corrected chi connectivity index (χ3v) is 5.26. The molecule has 0 bridgehead atoms. The van der Waals surface area contributed by atoms with Crippen molar-refractivity contribution in [2.24, 2.45) is 11.8 Å². The Morgan fingerprint density at radius 3 is 2.50 bits per heavy atom. The molecule has 0 aliphatic heterocycles. The van der Waals surface area contributed by atoms with Gasteiger partial charge in [-0.3, -0.25) is 9.69 Å². The Bertz CT molecular complexity index is 328. The van der Waals surface area contributed by atoms with E-state index in [2.05, 4.69) is 24.1 Å². The lowest BCUT2D eigenvalue weighted by Gasteiger charge is -2.45. The number of hydrogen-bond donors (Lipinski definition) is 2. The van der Waals surface area contributed by atoms with Gasteiger partial charge < -0.3 is 10.4 Å². The minimum Gasteiger partial charge on any atom is -0.480 e. The standard InChI is InChI=1S/C16H30N2O2/c1-4-18(10-16(19)20)14-8-13(9-14)17-15-6-5-11(2)7-12(15)3/h11-15,17H,4-10H2,1-3H3,(H,19,20). The van der Waals surface area contributed by atoms with Crippen LogP contribution < -0.4 is 5.32 Å². The first-order valence-corrected chi connectivity index (χ1v) is 8.21. The number of likely N-dealkylation sites (N-methyl/N-ethyl adjacent to an activating group) is 1. The van der Waals surface area contributed by atoms with E-state index in [9.17, 15) is 4.79 Å². The van der Waals surface area contributed by atoms with E-state index < -0.39 is 5.97 Å². The van der Waals surface area contributed by atoms with Crippen molar-refractivity contribution in [3.63, 3.8) is 0 Å². The molecule has 116 valence electrons. The number of carboxylic acid groups (broad SMARTS) is 1. The molecule has 2 aliphatic rings. The number of nitrogens with zero attached hydrogens (tertiary/aromatic N) is 1. The van der Waals surface area contributed by atoms with Crippen LogP contribution in [-0.2, 0) is 4.79 Å². The van der Waals surface area contributed by atoms with E-state index >= 15 is 0 Å². The van der Waals surface area contributed by atoms with E-state index in [0.29, 0.717) is 18.1 Å². The zero-order valence-electron chi connectivity index (χ0n) is 13.1. The van der Waals surface area contributed by atoms with Crippen LogP contribution in [0.15, 0.2) is 0 Å². The van der Waals surface area contributed by atoms with Gasteiger partial charge in [0.1, 0.15) is 0 Å². The van der Waals surface area contributed by atoms with Gasteiger partial charge >= 0.3 is 5.97 Å². The Morgan fingerprint density at radius 1 is 1.25 bits per heavy atom. The smallest absolute Gasteiger partial charge is 0.317 e. The maximum absolute atomic E-state index is 10.8. The van der Waals surface area contributed by atoms with Crippen LogP contribution in [0.1, 0.15) is 52.9 Å². The first kappa shape index (κ1) is 15.8. The Balaban J connectivity index is 1.72. The largest absolute Gasteiger partial charge is 0.480 e. The van der Waals surface area contributed by atoms with Crippen LogP contribution in [0.5, 0.6) is 0 Å². The second-order valence-corrected chi connectivity index (χ2v) is 6.95. The third kappa shape index (κ3) is 3.95. The number of aliphatic carboxylic acids is 1. The number of nitrogens with one attached hydrogen (secondary N) is 1. The van der Waals surface area contributed by atoms with Crippen molar-refractivity contribution in [2.75, 3.05) is 13.1 Å². The summed E-state index contributed by atoms with van der Waals surface area (Å²) >= 11 is 0. The van der Waals surface area contributed by atoms with Crippen molar-refractivity contribution in [3.8, 4) is 0 Å². The lowest BCUT2D eigenvalue weighted by atomic mass is 9.77. The van der Waals surface area contributed by atoms with Gasteiger partial charge in [0, 0.05) is 18.1 Å². The lowest BCUT2D eigenvalue weighted by Crippen LogP contribution is -2.57. The van der Waals surface area contributed by atoms with E-state index in [1.807, 2.05) is 6.92 Å². The summed E-state index contributed by atoms with van der Waals surface area (Å²) in [5.74, 6) is 0.945. The Kier molecular flexibility index (Phi) is 5.44. The molecule has 20 heavy (non-hydrogen) atoms. The van der Waals surface area contributed by atoms with Gasteiger partial charge in [-0.1, -0.05) is 20.8 Å². The second kappa shape index (κ2) is 6.90. The zero-order valence-corrected chi connectivity index (χ0v) is 13.1. The van der Waals surface area contributed by atoms with Crippen LogP contribution in [0, 0.1) is 11.8 Å². The monoisotopic (exact) mass is 282 g/mol. The summed E-state index contributed by atoms with van der Waals surface area (Å²) in [4.78, 5) is 12.9. The normalized spacial score (nSPS) is 37.7. The van der Waals surface area contributed by atoms with Gasteiger partial charge in [0.2, 0.25) is 0 Å². The minimum atomic E-state index is -0.710. The van der Waals surface area contributed by atoms with E-state index in [4.69, 9.17) is 5.11 Å². The molecule has 0 amide bonds. The number of hydrogen-bond acceptors (Lipinski definition) is 3. The van der Waals surface area contributed by atoms with Crippen molar-refractivity contribution in [1.29, 1.82) is 0 Å². The summed E-state index contributed by atoms with van der Waals surface area (Å²) < 4.78 is 0. The van der Waals surface area contributed by atoms with E-state index in [1.165, 1.54) is 19.3 Å². The molecule has 0 aromatic heterocycles. The Morgan fingerprint density at radius 2 is 1.95 bits per heavy atom. The number of rotatable bonds is 6. The molecule has 0 heterocycles. The molecule has 0 radical (unpaired) electrons. The average molecular weight is 282 g/mol. The quantitative estimate of drug-likeness (QED) is 0.785. The molecular weight excluding hydrogens is 252 g/mol. The van der Waals surface area contributed by atoms with Crippen LogP contribution >= 0.6 is 0 Å². The van der Waals surface area contributed by atoms with E-state index in [1.54, 1.807) is 0 Å². The zero-order chi connectivity index (χ0) is 14.7. The van der Waals surface area contributed by atoms with Gasteiger partial charge in [0.05, 0.1) is 6.54 Å². The van der Waals surface area contributed by atoms with Crippen LogP contribution in [0.4, 0.5) is 0 Å². The van der Waals surface area contributed by atoms with E-state index in [-0.39, 0.29) is 6.54 Å². The molecular formula is C16H30N2O2. The van der Waals surface area contributed by atoms with Gasteiger partial charge in [-0.15, -0.1) is 0 Å². The molecule has 0 spiro atoms. The first-order valence-electron chi connectivity index (χ1n) is 8.21. The molecule has 2 aliphatic carbocycles. The summed E-state index contributed by atoms with van der Waals surface area (Å²) in [6, 6.07) is 1.74. The van der Waals surface area contributed by atoms with Crippen LogP contribution in [0.2, 0.25) is 0 Å². The predicted octanol–water partition coefficient (Wildman–Crippen LogP) is 2.34. The van der Waals surface area contributed by atoms with Crippen molar-refractivity contribution >= 4 is 5.97 Å². The van der Waals surface area contributed by atoms with Gasteiger partial charge in [-0.2, -0.15) is 0 Å². The van der Waals surface area contributed by atoms with Crippen LogP contribution in [0.25, 0.3) is 0 Å². The SMILES string of the molecule is CCN(CC(=O)O)C1CC(NC2CCC(C)CC2C)C1. The highest BCUT2D eigenvalue weighted by atomic mass is 16.4. The summed E-state index contributed by atoms with van der Waals surface area (Å²) in [5.41, 5.74) is 0. The van der Waals surface area contributed by atoms with Gasteiger partial charge in [-0.05, 0) is 50.5 Å². The Labute approximate surface area is 122 Å². The Hall–Kier alpha value is -0.610. The van der Waals surface area contributed by atoms with Gasteiger partial charge in [0.25, 0.3) is 0 Å². The van der Waals surface area contributed by atoms with Crippen molar-refractivity contribution in [3.05, 3.63) is 0 Å². The minimum absolute atomic E-state index is 0.186. The van der Waals surface area contributed by atoms with Crippen LogP contribution in [0.3, 0.4) is 0 Å². The second-order valence-electron chi connectivity index (χ2n) is 6.95. The first-order chi connectivity index (χ1) is 9.49. The lowest BCUT2D eigenvalue weighted by molar-refractivity contribution is -0.139. The molecule has 2 fully saturated rings. The topological polar surface area (TPSA) is 52.6 Å². The van der Waals surface area contributed by atoms with Crippen molar-refractivity contribution in [1.82, 2.24) is 10.2 Å². The van der Waals surface area contributed by atoms with Gasteiger partial charge in [-0.25, -0.2) is 0 Å². The van der Waals surface area contributed by atoms with Crippen molar-refractivity contribution < 1.29 is 9.90 Å². The molecule has 2 saturated carbocycles. The highest BCUT2D eigenvalue weighted by Crippen LogP contribution is 2.32. The van der Waals surface area contributed by atoms with Crippen molar-refractivity contribution in [2.45, 2.75) is 71.0 Å². The molecule has 3 atom stereocenters. The highest BCUT2D eigenvalue weighted by molar-refractivity contribution is 5.69. The fourth-order valence-electron chi connectivity index (χ4n) is 3.91.